The molecule has 1 aliphatic rings. The van der Waals surface area contributed by atoms with Gasteiger partial charge in [-0.15, -0.1) is 0 Å². The molecule has 5 rings (SSSR count). The van der Waals surface area contributed by atoms with Crippen molar-refractivity contribution in [3.63, 3.8) is 0 Å². The monoisotopic (exact) mass is 567 g/mol. The van der Waals surface area contributed by atoms with Gasteiger partial charge in [-0.3, -0.25) is 13.9 Å². The first-order valence-corrected chi connectivity index (χ1v) is 14.5. The van der Waals surface area contributed by atoms with Crippen LogP contribution in [0.2, 0.25) is 0 Å². The number of rotatable bonds is 5. The van der Waals surface area contributed by atoms with Crippen LogP contribution in [-0.4, -0.2) is 38.7 Å². The SMILES string of the molecule is COc1ccc(S(=O)(=O)N2CC(C(=O)Nc3ccc4c(c3)sc(=O)n4C)Oc3ccc(C(C)(C)C)cc32)cc1. The molecule has 1 aliphatic heterocycles. The Balaban J connectivity index is 1.51. The standard InChI is InChI=1S/C28H29N3O6S2/c1-28(2,3)17-6-13-23-22(14-17)31(39(34,35)20-10-8-19(36-5)9-11-20)16-24(37-23)26(32)29-18-7-12-21-25(15-18)38-27(33)30(21)4/h6-15,24H,16H2,1-5H3,(H,29,32). The maximum atomic E-state index is 13.9. The molecule has 39 heavy (non-hydrogen) atoms. The molecule has 0 fully saturated rings. The van der Waals surface area contributed by atoms with Crippen LogP contribution in [0.5, 0.6) is 11.5 Å². The minimum Gasteiger partial charge on any atom is -0.497 e. The summed E-state index contributed by atoms with van der Waals surface area (Å²) < 4.78 is 42.5. The molecule has 9 nitrogen and oxygen atoms in total. The highest BCUT2D eigenvalue weighted by atomic mass is 32.2. The number of hydrogen-bond acceptors (Lipinski definition) is 7. The fraction of sp³-hybridized carbons (Fsp3) is 0.286. The lowest BCUT2D eigenvalue weighted by atomic mass is 9.86. The third-order valence-corrected chi connectivity index (χ3v) is 9.48. The number of benzene rings is 3. The molecule has 4 aromatic rings. The van der Waals surface area contributed by atoms with E-state index in [0.29, 0.717) is 22.9 Å². The summed E-state index contributed by atoms with van der Waals surface area (Å²) >= 11 is 1.08. The van der Waals surface area contributed by atoms with Crippen LogP contribution in [0.1, 0.15) is 26.3 Å². The molecule has 0 saturated carbocycles. The van der Waals surface area contributed by atoms with Gasteiger partial charge in [-0.2, -0.15) is 0 Å². The first-order chi connectivity index (χ1) is 18.4. The molecular weight excluding hydrogens is 538 g/mol. The second kappa shape index (κ2) is 9.73. The number of aryl methyl sites for hydroxylation is 1. The average Bonchev–Trinajstić information content (AvgIpc) is 3.19. The number of carbonyl (C=O) groups excluding carboxylic acids is 1. The number of amides is 1. The lowest BCUT2D eigenvalue weighted by molar-refractivity contribution is -0.122. The van der Waals surface area contributed by atoms with Gasteiger partial charge in [0.05, 0.1) is 34.5 Å². The number of ether oxygens (including phenoxy) is 2. The molecule has 3 aromatic carbocycles. The van der Waals surface area contributed by atoms with E-state index in [1.54, 1.807) is 54.1 Å². The van der Waals surface area contributed by atoms with E-state index in [9.17, 15) is 18.0 Å². The highest BCUT2D eigenvalue weighted by Crippen LogP contribution is 2.40. The number of aromatic nitrogens is 1. The maximum Gasteiger partial charge on any atom is 0.307 e. The van der Waals surface area contributed by atoms with Crippen molar-refractivity contribution in [2.24, 2.45) is 7.05 Å². The second-order valence-electron chi connectivity index (χ2n) is 10.3. The molecule has 0 radical (unpaired) electrons. The fourth-order valence-corrected chi connectivity index (χ4v) is 6.78. The highest BCUT2D eigenvalue weighted by molar-refractivity contribution is 7.92. The molecule has 2 heterocycles. The van der Waals surface area contributed by atoms with Gasteiger partial charge in [-0.25, -0.2) is 8.42 Å². The average molecular weight is 568 g/mol. The Kier molecular flexibility index (Phi) is 6.68. The number of nitrogens with zero attached hydrogens (tertiary/aromatic N) is 2. The molecule has 1 unspecified atom stereocenters. The van der Waals surface area contributed by atoms with Crippen molar-refractivity contribution in [2.75, 3.05) is 23.3 Å². The van der Waals surface area contributed by atoms with E-state index in [4.69, 9.17) is 9.47 Å². The first-order valence-electron chi connectivity index (χ1n) is 12.3. The number of carbonyl (C=O) groups is 1. The van der Waals surface area contributed by atoms with E-state index in [-0.39, 0.29) is 21.7 Å². The van der Waals surface area contributed by atoms with Gasteiger partial charge in [-0.05, 0) is 65.6 Å². The molecule has 0 aliphatic carbocycles. The lowest BCUT2D eigenvalue weighted by Crippen LogP contribution is -2.49. The third kappa shape index (κ3) is 4.99. The van der Waals surface area contributed by atoms with Crippen LogP contribution in [-0.2, 0) is 27.3 Å². The number of sulfonamides is 1. The number of anilines is 2. The van der Waals surface area contributed by atoms with E-state index in [1.807, 2.05) is 26.8 Å². The fourth-order valence-electron chi connectivity index (χ4n) is 4.39. The Bertz CT molecular complexity index is 1730. The summed E-state index contributed by atoms with van der Waals surface area (Å²) in [4.78, 5) is 25.3. The quantitative estimate of drug-likeness (QED) is 0.381. The van der Waals surface area contributed by atoms with Gasteiger partial charge in [0.25, 0.3) is 15.9 Å². The Morgan fingerprint density at radius 1 is 1.08 bits per heavy atom. The number of fused-ring (bicyclic) bond motifs is 2. The van der Waals surface area contributed by atoms with E-state index in [2.05, 4.69) is 5.32 Å². The highest BCUT2D eigenvalue weighted by Gasteiger charge is 2.38. The van der Waals surface area contributed by atoms with Crippen LogP contribution in [0.4, 0.5) is 11.4 Å². The molecule has 1 atom stereocenters. The van der Waals surface area contributed by atoms with Crippen LogP contribution in [0.3, 0.4) is 0 Å². The van der Waals surface area contributed by atoms with Crippen molar-refractivity contribution in [1.29, 1.82) is 0 Å². The molecule has 0 saturated heterocycles. The van der Waals surface area contributed by atoms with Crippen LogP contribution in [0.15, 0.2) is 70.4 Å². The van der Waals surface area contributed by atoms with Crippen molar-refractivity contribution in [3.05, 3.63) is 75.9 Å². The van der Waals surface area contributed by atoms with Gasteiger partial charge in [0.15, 0.2) is 6.10 Å². The number of methoxy groups -OCH3 is 1. The Hall–Kier alpha value is -3.83. The van der Waals surface area contributed by atoms with E-state index >= 15 is 0 Å². The largest absolute Gasteiger partial charge is 0.497 e. The summed E-state index contributed by atoms with van der Waals surface area (Å²) in [6.07, 6.45) is -1.11. The van der Waals surface area contributed by atoms with Gasteiger partial charge >= 0.3 is 4.87 Å². The summed E-state index contributed by atoms with van der Waals surface area (Å²) in [5.41, 5.74) is 2.31. The smallest absolute Gasteiger partial charge is 0.307 e. The van der Waals surface area contributed by atoms with Crippen molar-refractivity contribution < 1.29 is 22.7 Å². The van der Waals surface area contributed by atoms with Gasteiger partial charge in [0.1, 0.15) is 11.5 Å². The number of hydrogen-bond donors (Lipinski definition) is 1. The molecule has 1 N–H and O–H groups in total. The van der Waals surface area contributed by atoms with Gasteiger partial charge in [0.2, 0.25) is 0 Å². The van der Waals surface area contributed by atoms with Crippen LogP contribution < -0.4 is 24.0 Å². The second-order valence-corrected chi connectivity index (χ2v) is 13.2. The Labute approximate surface area is 230 Å². The number of nitrogens with one attached hydrogen (secondary N) is 1. The van der Waals surface area contributed by atoms with Crippen molar-refractivity contribution in [3.8, 4) is 11.5 Å². The molecule has 0 bridgehead atoms. The van der Waals surface area contributed by atoms with Gasteiger partial charge in [0, 0.05) is 12.7 Å². The van der Waals surface area contributed by atoms with Gasteiger partial charge < -0.3 is 19.4 Å². The zero-order valence-electron chi connectivity index (χ0n) is 22.2. The summed E-state index contributed by atoms with van der Waals surface area (Å²) in [5, 5.41) is 2.82. The van der Waals surface area contributed by atoms with Crippen molar-refractivity contribution in [1.82, 2.24) is 4.57 Å². The number of thiazole rings is 1. The summed E-state index contributed by atoms with van der Waals surface area (Å²) in [6, 6.07) is 16.7. The first kappa shape index (κ1) is 26.8. The predicted molar refractivity (Wildman–Crippen MR) is 153 cm³/mol. The van der Waals surface area contributed by atoms with Crippen LogP contribution in [0, 0.1) is 0 Å². The predicted octanol–water partition coefficient (Wildman–Crippen LogP) is 4.50. The van der Waals surface area contributed by atoms with E-state index in [1.165, 1.54) is 23.5 Å². The molecular formula is C28H29N3O6S2. The zero-order chi connectivity index (χ0) is 28.1. The van der Waals surface area contributed by atoms with Crippen LogP contribution in [0.25, 0.3) is 10.2 Å². The normalized spacial score (nSPS) is 15.5. The molecule has 1 aromatic heterocycles. The summed E-state index contributed by atoms with van der Waals surface area (Å²) in [7, 11) is -0.852. The Morgan fingerprint density at radius 2 is 1.79 bits per heavy atom. The van der Waals surface area contributed by atoms with E-state index < -0.39 is 22.0 Å². The van der Waals surface area contributed by atoms with Gasteiger partial charge in [-0.1, -0.05) is 38.2 Å². The molecule has 11 heteroatoms. The summed E-state index contributed by atoms with van der Waals surface area (Å²) in [6.45, 7) is 5.90. The Morgan fingerprint density at radius 3 is 2.46 bits per heavy atom. The lowest BCUT2D eigenvalue weighted by Gasteiger charge is -2.36. The molecule has 1 amide bonds. The minimum absolute atomic E-state index is 0.0703. The van der Waals surface area contributed by atoms with Crippen molar-refractivity contribution in [2.45, 2.75) is 37.2 Å². The molecule has 204 valence electrons. The minimum atomic E-state index is -4.05. The third-order valence-electron chi connectivity index (χ3n) is 6.69. The molecule has 0 spiro atoms. The van der Waals surface area contributed by atoms with Crippen molar-refractivity contribution >= 4 is 48.9 Å². The van der Waals surface area contributed by atoms with E-state index in [0.717, 1.165) is 27.1 Å². The van der Waals surface area contributed by atoms with Crippen LogP contribution >= 0.6 is 11.3 Å². The topological polar surface area (TPSA) is 107 Å². The zero-order valence-corrected chi connectivity index (χ0v) is 23.9. The summed E-state index contributed by atoms with van der Waals surface area (Å²) in [5.74, 6) is 0.324. The maximum absolute atomic E-state index is 13.9.